The third kappa shape index (κ3) is 3.26. The van der Waals surface area contributed by atoms with Gasteiger partial charge < -0.3 is 4.74 Å². The Morgan fingerprint density at radius 3 is 2.39 bits per heavy atom. The van der Waals surface area contributed by atoms with E-state index in [1.165, 1.54) is 42.4 Å². The van der Waals surface area contributed by atoms with Crippen molar-refractivity contribution in [3.05, 3.63) is 53.3 Å². The highest BCUT2D eigenvalue weighted by atomic mass is 19.1. The summed E-state index contributed by atoms with van der Waals surface area (Å²) in [6, 6.07) is 11.4. The van der Waals surface area contributed by atoms with Gasteiger partial charge in [0.25, 0.3) is 0 Å². The van der Waals surface area contributed by atoms with E-state index < -0.39 is 0 Å². The zero-order chi connectivity index (χ0) is 15.8. The number of ether oxygens (including phenoxy) is 1. The van der Waals surface area contributed by atoms with Crippen molar-refractivity contribution in [3.8, 4) is 16.9 Å². The highest BCUT2D eigenvalue weighted by molar-refractivity contribution is 5.76. The molecule has 0 saturated heterocycles. The number of benzene rings is 2. The topological polar surface area (TPSA) is 9.23 Å². The summed E-state index contributed by atoms with van der Waals surface area (Å²) >= 11 is 0. The van der Waals surface area contributed by atoms with Crippen molar-refractivity contribution in [2.45, 2.75) is 44.9 Å². The van der Waals surface area contributed by atoms with Crippen molar-refractivity contribution in [2.75, 3.05) is 6.61 Å². The largest absolute Gasteiger partial charge is 0.493 e. The Bertz CT molecular complexity index is 697. The Morgan fingerprint density at radius 2 is 1.78 bits per heavy atom. The quantitative estimate of drug-likeness (QED) is 0.663. The minimum atomic E-state index is -0.188. The fraction of sp³-hybridized carbons (Fsp3) is 0.429. The van der Waals surface area contributed by atoms with Gasteiger partial charge in [-0.25, -0.2) is 4.39 Å². The second-order valence-electron chi connectivity index (χ2n) is 6.95. The van der Waals surface area contributed by atoms with Crippen LogP contribution in [0.15, 0.2) is 36.4 Å². The molecule has 2 aliphatic carbocycles. The SMILES string of the molecule is CCc1cc(OCC2CC2)c(-c2ccc(F)cc2)c(C2CC2)c1. The normalized spacial score (nSPS) is 17.3. The summed E-state index contributed by atoms with van der Waals surface area (Å²) < 4.78 is 19.5. The predicted molar refractivity (Wildman–Crippen MR) is 91.4 cm³/mol. The molecule has 0 bridgehead atoms. The molecule has 0 heterocycles. The van der Waals surface area contributed by atoms with E-state index in [1.54, 1.807) is 12.1 Å². The Labute approximate surface area is 137 Å². The Hall–Kier alpha value is -1.83. The maximum atomic E-state index is 13.3. The standard InChI is InChI=1S/C21H23FO/c1-2-14-11-19(16-5-6-16)21(17-7-9-18(22)10-8-17)20(12-14)23-13-15-3-4-15/h7-12,15-16H,2-6,13H2,1H3. The van der Waals surface area contributed by atoms with Crippen molar-refractivity contribution < 1.29 is 9.13 Å². The first-order chi connectivity index (χ1) is 11.2. The lowest BCUT2D eigenvalue weighted by atomic mass is 9.93. The number of halogens is 1. The van der Waals surface area contributed by atoms with Crippen LogP contribution < -0.4 is 4.74 Å². The molecule has 4 rings (SSSR count). The van der Waals surface area contributed by atoms with Crippen LogP contribution in [0, 0.1) is 11.7 Å². The summed E-state index contributed by atoms with van der Waals surface area (Å²) in [5.41, 5.74) is 4.98. The van der Waals surface area contributed by atoms with Gasteiger partial charge in [0, 0.05) is 5.56 Å². The lowest BCUT2D eigenvalue weighted by molar-refractivity contribution is 0.300. The second kappa shape index (κ2) is 5.99. The molecule has 2 aliphatic rings. The van der Waals surface area contributed by atoms with Crippen molar-refractivity contribution in [3.63, 3.8) is 0 Å². The van der Waals surface area contributed by atoms with E-state index in [0.29, 0.717) is 5.92 Å². The van der Waals surface area contributed by atoms with Crippen molar-refractivity contribution in [1.82, 2.24) is 0 Å². The summed E-state index contributed by atoms with van der Waals surface area (Å²) in [6.45, 7) is 3.00. The zero-order valence-corrected chi connectivity index (χ0v) is 13.6. The van der Waals surface area contributed by atoms with Crippen molar-refractivity contribution >= 4 is 0 Å². The molecular formula is C21H23FO. The molecule has 2 aromatic rings. The van der Waals surface area contributed by atoms with Gasteiger partial charge in [-0.15, -0.1) is 0 Å². The average Bonchev–Trinajstić information content (AvgIpc) is 3.47. The van der Waals surface area contributed by atoms with Gasteiger partial charge in [0.1, 0.15) is 11.6 Å². The van der Waals surface area contributed by atoms with Crippen LogP contribution in [-0.4, -0.2) is 6.61 Å². The first kappa shape index (κ1) is 14.7. The maximum Gasteiger partial charge on any atom is 0.127 e. The fourth-order valence-electron chi connectivity index (χ4n) is 3.15. The summed E-state index contributed by atoms with van der Waals surface area (Å²) in [5, 5.41) is 0. The van der Waals surface area contributed by atoms with Crippen LogP contribution in [-0.2, 0) is 6.42 Å². The summed E-state index contributed by atoms with van der Waals surface area (Å²) in [7, 11) is 0. The fourth-order valence-corrected chi connectivity index (χ4v) is 3.15. The molecule has 2 fully saturated rings. The molecule has 2 heteroatoms. The molecule has 23 heavy (non-hydrogen) atoms. The molecule has 0 amide bonds. The van der Waals surface area contributed by atoms with Crippen molar-refractivity contribution in [2.24, 2.45) is 5.92 Å². The molecule has 0 N–H and O–H groups in total. The molecular weight excluding hydrogens is 287 g/mol. The van der Waals surface area contributed by atoms with E-state index in [0.717, 1.165) is 30.3 Å². The minimum absolute atomic E-state index is 0.188. The van der Waals surface area contributed by atoms with Gasteiger partial charge >= 0.3 is 0 Å². The molecule has 2 saturated carbocycles. The summed E-state index contributed by atoms with van der Waals surface area (Å²) in [6.07, 6.45) is 6.10. The van der Waals surface area contributed by atoms with Crippen LogP contribution in [0.1, 0.15) is 49.7 Å². The monoisotopic (exact) mass is 310 g/mol. The lowest BCUT2D eigenvalue weighted by Crippen LogP contribution is -2.03. The predicted octanol–water partition coefficient (Wildman–Crippen LogP) is 5.72. The van der Waals surface area contributed by atoms with Gasteiger partial charge in [0.15, 0.2) is 0 Å². The van der Waals surface area contributed by atoms with Crippen LogP contribution in [0.4, 0.5) is 4.39 Å². The average molecular weight is 310 g/mol. The summed E-state index contributed by atoms with van der Waals surface area (Å²) in [4.78, 5) is 0. The number of aryl methyl sites for hydroxylation is 1. The first-order valence-corrected chi connectivity index (χ1v) is 8.80. The van der Waals surface area contributed by atoms with E-state index >= 15 is 0 Å². The van der Waals surface area contributed by atoms with Crippen molar-refractivity contribution in [1.29, 1.82) is 0 Å². The number of hydrogen-bond donors (Lipinski definition) is 0. The third-order valence-corrected chi connectivity index (χ3v) is 4.92. The third-order valence-electron chi connectivity index (χ3n) is 4.92. The van der Waals surface area contributed by atoms with Gasteiger partial charge in [-0.2, -0.15) is 0 Å². The maximum absolute atomic E-state index is 13.3. The van der Waals surface area contributed by atoms with E-state index in [-0.39, 0.29) is 5.82 Å². The molecule has 0 radical (unpaired) electrons. The highest BCUT2D eigenvalue weighted by Gasteiger charge is 2.29. The lowest BCUT2D eigenvalue weighted by Gasteiger charge is -2.18. The van der Waals surface area contributed by atoms with Gasteiger partial charge in [-0.05, 0) is 78.8 Å². The highest BCUT2D eigenvalue weighted by Crippen LogP contribution is 2.48. The number of rotatable bonds is 6. The number of hydrogen-bond acceptors (Lipinski definition) is 1. The van der Waals surface area contributed by atoms with Crippen LogP contribution in [0.2, 0.25) is 0 Å². The smallest absolute Gasteiger partial charge is 0.127 e. The molecule has 0 unspecified atom stereocenters. The first-order valence-electron chi connectivity index (χ1n) is 8.80. The van der Waals surface area contributed by atoms with Gasteiger partial charge in [-0.3, -0.25) is 0 Å². The van der Waals surface area contributed by atoms with E-state index in [2.05, 4.69) is 19.1 Å². The Morgan fingerprint density at radius 1 is 1.04 bits per heavy atom. The van der Waals surface area contributed by atoms with Crippen LogP contribution in [0.25, 0.3) is 11.1 Å². The Balaban J connectivity index is 1.79. The molecule has 0 atom stereocenters. The van der Waals surface area contributed by atoms with Gasteiger partial charge in [0.2, 0.25) is 0 Å². The molecule has 1 nitrogen and oxygen atoms in total. The van der Waals surface area contributed by atoms with E-state index in [9.17, 15) is 4.39 Å². The van der Waals surface area contributed by atoms with Gasteiger partial charge in [-0.1, -0.05) is 25.1 Å². The second-order valence-corrected chi connectivity index (χ2v) is 6.95. The van der Waals surface area contributed by atoms with Gasteiger partial charge in [0.05, 0.1) is 6.61 Å². The minimum Gasteiger partial charge on any atom is -0.493 e. The molecule has 0 aliphatic heterocycles. The van der Waals surface area contributed by atoms with Crippen LogP contribution >= 0.6 is 0 Å². The van der Waals surface area contributed by atoms with E-state index in [1.807, 2.05) is 12.1 Å². The molecule has 0 spiro atoms. The zero-order valence-electron chi connectivity index (χ0n) is 13.6. The Kier molecular flexibility index (Phi) is 3.84. The molecule has 0 aromatic heterocycles. The van der Waals surface area contributed by atoms with Crippen LogP contribution in [0.3, 0.4) is 0 Å². The van der Waals surface area contributed by atoms with Crippen LogP contribution in [0.5, 0.6) is 5.75 Å². The molecule has 2 aromatic carbocycles. The van der Waals surface area contributed by atoms with E-state index in [4.69, 9.17) is 4.74 Å². The summed E-state index contributed by atoms with van der Waals surface area (Å²) in [5.74, 6) is 2.17. The molecule has 120 valence electrons.